The zero-order valence-electron chi connectivity index (χ0n) is 16.7. The lowest BCUT2D eigenvalue weighted by atomic mass is 9.96. The highest BCUT2D eigenvalue weighted by Crippen LogP contribution is 2.26. The molecule has 1 aliphatic heterocycles. The molecule has 5 heteroatoms. The Morgan fingerprint density at radius 3 is 2.78 bits per heavy atom. The lowest BCUT2D eigenvalue weighted by molar-refractivity contribution is -0.122. The third-order valence-electron chi connectivity index (χ3n) is 5.19. The molecule has 0 N–H and O–H groups in total. The van der Waals surface area contributed by atoms with E-state index < -0.39 is 0 Å². The molecule has 2 heterocycles. The summed E-state index contributed by atoms with van der Waals surface area (Å²) in [5.41, 5.74) is 3.11. The summed E-state index contributed by atoms with van der Waals surface area (Å²) in [5.74, 6) is 1.10. The number of hydrogen-bond donors (Lipinski definition) is 0. The SMILES string of the molecule is CCCCN(C(=O)C1CCCN(c2ccc(C)nn2)C1)c1cccc(C)c1. The Balaban J connectivity index is 1.77. The van der Waals surface area contributed by atoms with E-state index in [4.69, 9.17) is 0 Å². The Labute approximate surface area is 162 Å². The predicted molar refractivity (Wildman–Crippen MR) is 110 cm³/mol. The normalized spacial score (nSPS) is 17.0. The Bertz CT molecular complexity index is 759. The summed E-state index contributed by atoms with van der Waals surface area (Å²) in [7, 11) is 0. The molecule has 1 amide bonds. The molecule has 27 heavy (non-hydrogen) atoms. The molecule has 0 bridgehead atoms. The van der Waals surface area contributed by atoms with Crippen molar-refractivity contribution in [3.8, 4) is 0 Å². The smallest absolute Gasteiger partial charge is 0.231 e. The number of hydrogen-bond acceptors (Lipinski definition) is 4. The first-order chi connectivity index (χ1) is 13.1. The molecule has 3 rings (SSSR count). The number of rotatable bonds is 6. The third-order valence-corrected chi connectivity index (χ3v) is 5.19. The van der Waals surface area contributed by atoms with Crippen LogP contribution >= 0.6 is 0 Å². The van der Waals surface area contributed by atoms with Crippen LogP contribution in [0.2, 0.25) is 0 Å². The molecule has 1 aromatic carbocycles. The molecule has 5 nitrogen and oxygen atoms in total. The van der Waals surface area contributed by atoms with Crippen molar-refractivity contribution in [3.05, 3.63) is 47.7 Å². The highest BCUT2D eigenvalue weighted by atomic mass is 16.2. The molecule has 1 aromatic heterocycles. The Hall–Kier alpha value is -2.43. The molecule has 1 atom stereocenters. The van der Waals surface area contributed by atoms with Gasteiger partial charge in [-0.15, -0.1) is 5.10 Å². The summed E-state index contributed by atoms with van der Waals surface area (Å²) in [5, 5.41) is 8.48. The molecule has 1 saturated heterocycles. The fourth-order valence-corrected chi connectivity index (χ4v) is 3.65. The zero-order valence-corrected chi connectivity index (χ0v) is 16.7. The highest BCUT2D eigenvalue weighted by molar-refractivity contribution is 5.95. The van der Waals surface area contributed by atoms with Gasteiger partial charge in [0.2, 0.25) is 5.91 Å². The van der Waals surface area contributed by atoms with Crippen molar-refractivity contribution in [3.63, 3.8) is 0 Å². The number of nitrogens with zero attached hydrogens (tertiary/aromatic N) is 4. The van der Waals surface area contributed by atoms with Crippen LogP contribution in [0.4, 0.5) is 11.5 Å². The molecular weight excluding hydrogens is 336 g/mol. The minimum atomic E-state index is -0.000721. The Morgan fingerprint density at radius 2 is 2.07 bits per heavy atom. The molecular formula is C22H30N4O. The Morgan fingerprint density at radius 1 is 1.22 bits per heavy atom. The van der Waals surface area contributed by atoms with Gasteiger partial charge in [-0.25, -0.2) is 0 Å². The van der Waals surface area contributed by atoms with Crippen molar-refractivity contribution in [2.45, 2.75) is 46.5 Å². The maximum atomic E-state index is 13.4. The summed E-state index contributed by atoms with van der Waals surface area (Å²) in [6.45, 7) is 8.60. The number of amides is 1. The van der Waals surface area contributed by atoms with E-state index in [2.05, 4.69) is 41.1 Å². The number of aromatic nitrogens is 2. The van der Waals surface area contributed by atoms with Gasteiger partial charge in [-0.3, -0.25) is 4.79 Å². The number of anilines is 2. The summed E-state index contributed by atoms with van der Waals surface area (Å²) < 4.78 is 0. The van der Waals surface area contributed by atoms with Gasteiger partial charge in [-0.05, 0) is 62.9 Å². The predicted octanol–water partition coefficient (Wildman–Crippen LogP) is 4.14. The topological polar surface area (TPSA) is 49.3 Å². The Kier molecular flexibility index (Phi) is 6.43. The van der Waals surface area contributed by atoms with Crippen molar-refractivity contribution in [2.24, 2.45) is 5.92 Å². The fourth-order valence-electron chi connectivity index (χ4n) is 3.65. The van der Waals surface area contributed by atoms with Gasteiger partial charge in [0.05, 0.1) is 11.6 Å². The van der Waals surface area contributed by atoms with Crippen molar-refractivity contribution >= 4 is 17.4 Å². The molecule has 0 spiro atoms. The van der Waals surface area contributed by atoms with Crippen LogP contribution in [0.3, 0.4) is 0 Å². The van der Waals surface area contributed by atoms with Gasteiger partial charge in [0.1, 0.15) is 0 Å². The number of benzene rings is 1. The zero-order chi connectivity index (χ0) is 19.2. The van der Waals surface area contributed by atoms with E-state index >= 15 is 0 Å². The summed E-state index contributed by atoms with van der Waals surface area (Å²) in [4.78, 5) is 17.6. The molecule has 1 aliphatic rings. The number of carbonyl (C=O) groups excluding carboxylic acids is 1. The monoisotopic (exact) mass is 366 g/mol. The van der Waals surface area contributed by atoms with Crippen LogP contribution in [0.5, 0.6) is 0 Å². The molecule has 2 aromatic rings. The van der Waals surface area contributed by atoms with Crippen molar-refractivity contribution in [1.29, 1.82) is 0 Å². The first-order valence-electron chi connectivity index (χ1n) is 10.0. The van der Waals surface area contributed by atoms with Crippen LogP contribution in [-0.2, 0) is 4.79 Å². The van der Waals surface area contributed by atoms with Gasteiger partial charge in [-0.1, -0.05) is 25.5 Å². The van der Waals surface area contributed by atoms with Crippen molar-refractivity contribution in [1.82, 2.24) is 10.2 Å². The van der Waals surface area contributed by atoms with Crippen molar-refractivity contribution in [2.75, 3.05) is 29.4 Å². The second-order valence-corrected chi connectivity index (χ2v) is 7.50. The lowest BCUT2D eigenvalue weighted by Gasteiger charge is -2.35. The van der Waals surface area contributed by atoms with Crippen LogP contribution < -0.4 is 9.80 Å². The second-order valence-electron chi connectivity index (χ2n) is 7.50. The number of unbranched alkanes of at least 4 members (excludes halogenated alkanes) is 1. The first-order valence-corrected chi connectivity index (χ1v) is 10.0. The highest BCUT2D eigenvalue weighted by Gasteiger charge is 2.30. The van der Waals surface area contributed by atoms with Gasteiger partial charge in [-0.2, -0.15) is 5.10 Å². The van der Waals surface area contributed by atoms with E-state index in [1.165, 1.54) is 5.56 Å². The van der Waals surface area contributed by atoms with E-state index in [0.717, 1.165) is 56.0 Å². The summed E-state index contributed by atoms with van der Waals surface area (Å²) in [6.07, 6.45) is 4.02. The van der Waals surface area contributed by atoms with E-state index in [0.29, 0.717) is 6.54 Å². The average Bonchev–Trinajstić information content (AvgIpc) is 2.69. The minimum absolute atomic E-state index is 0.000721. The van der Waals surface area contributed by atoms with Crippen LogP contribution in [0.25, 0.3) is 0 Å². The molecule has 0 saturated carbocycles. The lowest BCUT2D eigenvalue weighted by Crippen LogP contribution is -2.45. The van der Waals surface area contributed by atoms with Gasteiger partial charge in [0.15, 0.2) is 5.82 Å². The first kappa shape index (κ1) is 19.3. The minimum Gasteiger partial charge on any atom is -0.354 e. The molecule has 1 unspecified atom stereocenters. The van der Waals surface area contributed by atoms with E-state index in [-0.39, 0.29) is 11.8 Å². The molecule has 0 radical (unpaired) electrons. The summed E-state index contributed by atoms with van der Waals surface area (Å²) in [6, 6.07) is 12.3. The van der Waals surface area contributed by atoms with E-state index in [1.54, 1.807) is 0 Å². The average molecular weight is 367 g/mol. The largest absolute Gasteiger partial charge is 0.354 e. The number of carbonyl (C=O) groups is 1. The van der Waals surface area contributed by atoms with E-state index in [1.807, 2.05) is 36.1 Å². The number of aryl methyl sites for hydroxylation is 2. The third kappa shape index (κ3) is 4.85. The second kappa shape index (κ2) is 8.98. The van der Waals surface area contributed by atoms with Gasteiger partial charge < -0.3 is 9.80 Å². The van der Waals surface area contributed by atoms with Gasteiger partial charge in [0.25, 0.3) is 0 Å². The quantitative estimate of drug-likeness (QED) is 0.771. The molecule has 144 valence electrons. The molecule has 0 aliphatic carbocycles. The van der Waals surface area contributed by atoms with Gasteiger partial charge in [0, 0.05) is 25.3 Å². The van der Waals surface area contributed by atoms with Crippen LogP contribution in [0.1, 0.15) is 43.9 Å². The van der Waals surface area contributed by atoms with Crippen LogP contribution in [0.15, 0.2) is 36.4 Å². The summed E-state index contributed by atoms with van der Waals surface area (Å²) >= 11 is 0. The number of piperidine rings is 1. The molecule has 1 fully saturated rings. The van der Waals surface area contributed by atoms with Gasteiger partial charge >= 0.3 is 0 Å². The fraction of sp³-hybridized carbons (Fsp3) is 0.500. The standard InChI is InChI=1S/C22H30N4O/c1-4-5-14-26(20-10-6-8-17(2)15-20)22(27)19-9-7-13-25(16-19)21-12-11-18(3)23-24-21/h6,8,10-12,15,19H,4-5,7,9,13-14,16H2,1-3H3. The maximum Gasteiger partial charge on any atom is 0.231 e. The van der Waals surface area contributed by atoms with E-state index in [9.17, 15) is 4.79 Å². The van der Waals surface area contributed by atoms with Crippen molar-refractivity contribution < 1.29 is 4.79 Å². The van der Waals surface area contributed by atoms with Crippen LogP contribution in [0, 0.1) is 19.8 Å². The van der Waals surface area contributed by atoms with Crippen LogP contribution in [-0.4, -0.2) is 35.7 Å². The maximum absolute atomic E-state index is 13.4.